The van der Waals surface area contributed by atoms with Crippen molar-refractivity contribution in [2.75, 3.05) is 0 Å². The van der Waals surface area contributed by atoms with Crippen LogP contribution in [0.1, 0.15) is 23.6 Å². The van der Waals surface area contributed by atoms with Gasteiger partial charge in [0, 0.05) is 0 Å². The minimum atomic E-state index is 1.05. The lowest BCUT2D eigenvalue weighted by molar-refractivity contribution is 1.14. The maximum atomic E-state index is 2.33. The Balaban J connectivity index is 1.90. The maximum absolute atomic E-state index is 2.33. The van der Waals surface area contributed by atoms with Crippen molar-refractivity contribution in [3.05, 3.63) is 83.4 Å². The molecule has 21 heavy (non-hydrogen) atoms. The van der Waals surface area contributed by atoms with Gasteiger partial charge in [-0.15, -0.1) is 0 Å². The molecule has 1 aliphatic rings. The van der Waals surface area contributed by atoms with Gasteiger partial charge in [-0.2, -0.15) is 0 Å². The molecule has 0 saturated carbocycles. The van der Waals surface area contributed by atoms with Crippen LogP contribution in [-0.4, -0.2) is 0 Å². The molecule has 3 aromatic carbocycles. The highest BCUT2D eigenvalue weighted by Crippen LogP contribution is 2.41. The summed E-state index contributed by atoms with van der Waals surface area (Å²) in [6, 6.07) is 24.4. The molecule has 0 saturated heterocycles. The molecule has 4 rings (SSSR count). The summed E-state index contributed by atoms with van der Waals surface area (Å²) >= 11 is 0. The Morgan fingerprint density at radius 1 is 0.762 bits per heavy atom. The fraction of sp³-hybridized carbons (Fsp3) is 0.143. The Morgan fingerprint density at radius 3 is 2.43 bits per heavy atom. The SMILES string of the molecule is CCc1cccc(-c2cccc3c2Cc2ccccc2-3)c1. The smallest absolute Gasteiger partial charge is 0.000729 e. The topological polar surface area (TPSA) is 0 Å². The fourth-order valence-electron chi connectivity index (χ4n) is 3.39. The molecular formula is C21H18. The number of rotatable bonds is 2. The van der Waals surface area contributed by atoms with Gasteiger partial charge >= 0.3 is 0 Å². The normalized spacial score (nSPS) is 12.0. The standard InChI is InChI=1S/C21H18/c1-2-15-7-5-9-16(13-15)19-11-6-12-20-18-10-4-3-8-17(18)14-21(19)20/h3-13H,2,14H2,1H3. The van der Waals surface area contributed by atoms with Crippen molar-refractivity contribution in [2.45, 2.75) is 19.8 Å². The molecule has 0 radical (unpaired) electrons. The number of benzene rings is 3. The van der Waals surface area contributed by atoms with E-state index in [0.717, 1.165) is 12.8 Å². The van der Waals surface area contributed by atoms with E-state index in [-0.39, 0.29) is 0 Å². The van der Waals surface area contributed by atoms with Crippen molar-refractivity contribution in [1.29, 1.82) is 0 Å². The van der Waals surface area contributed by atoms with Gasteiger partial charge in [-0.3, -0.25) is 0 Å². The van der Waals surface area contributed by atoms with Crippen molar-refractivity contribution in [1.82, 2.24) is 0 Å². The monoisotopic (exact) mass is 270 g/mol. The third kappa shape index (κ3) is 1.99. The van der Waals surface area contributed by atoms with Gasteiger partial charge in [0.05, 0.1) is 0 Å². The predicted octanol–water partition coefficient (Wildman–Crippen LogP) is 5.49. The van der Waals surface area contributed by atoms with Gasteiger partial charge < -0.3 is 0 Å². The van der Waals surface area contributed by atoms with Crippen LogP contribution in [0.5, 0.6) is 0 Å². The third-order valence-corrected chi connectivity index (χ3v) is 4.50. The summed E-state index contributed by atoms with van der Waals surface area (Å²) in [5, 5.41) is 0. The van der Waals surface area contributed by atoms with Crippen molar-refractivity contribution in [3.8, 4) is 22.3 Å². The first kappa shape index (κ1) is 12.4. The van der Waals surface area contributed by atoms with E-state index in [4.69, 9.17) is 0 Å². The zero-order valence-corrected chi connectivity index (χ0v) is 12.3. The van der Waals surface area contributed by atoms with E-state index in [1.165, 1.54) is 38.9 Å². The predicted molar refractivity (Wildman–Crippen MR) is 89.5 cm³/mol. The van der Waals surface area contributed by atoms with Gasteiger partial charge in [0.25, 0.3) is 0 Å². The largest absolute Gasteiger partial charge is 0.0619 e. The number of fused-ring (bicyclic) bond motifs is 3. The van der Waals surface area contributed by atoms with Crippen LogP contribution in [0.3, 0.4) is 0 Å². The van der Waals surface area contributed by atoms with E-state index < -0.39 is 0 Å². The molecule has 0 aromatic heterocycles. The lowest BCUT2D eigenvalue weighted by atomic mass is 9.94. The molecule has 0 aliphatic heterocycles. The van der Waals surface area contributed by atoms with E-state index in [1.54, 1.807) is 0 Å². The average molecular weight is 270 g/mol. The van der Waals surface area contributed by atoms with Crippen LogP contribution >= 0.6 is 0 Å². The second-order valence-corrected chi connectivity index (χ2v) is 5.72. The summed E-state index contributed by atoms with van der Waals surface area (Å²) in [6.07, 6.45) is 2.14. The van der Waals surface area contributed by atoms with Gasteiger partial charge in [-0.05, 0) is 51.8 Å². The first-order chi connectivity index (χ1) is 10.4. The number of hydrogen-bond donors (Lipinski definition) is 0. The molecule has 3 aromatic rings. The van der Waals surface area contributed by atoms with Crippen molar-refractivity contribution in [3.63, 3.8) is 0 Å². The lowest BCUT2D eigenvalue weighted by Gasteiger charge is -2.10. The minimum Gasteiger partial charge on any atom is -0.0619 e. The molecule has 0 N–H and O–H groups in total. The van der Waals surface area contributed by atoms with Crippen molar-refractivity contribution >= 4 is 0 Å². The number of hydrogen-bond acceptors (Lipinski definition) is 0. The van der Waals surface area contributed by atoms with E-state index in [0.29, 0.717) is 0 Å². The Morgan fingerprint density at radius 2 is 1.52 bits per heavy atom. The van der Waals surface area contributed by atoms with E-state index in [9.17, 15) is 0 Å². The summed E-state index contributed by atoms with van der Waals surface area (Å²) in [5.41, 5.74) is 9.88. The summed E-state index contributed by atoms with van der Waals surface area (Å²) in [5.74, 6) is 0. The van der Waals surface area contributed by atoms with Crippen molar-refractivity contribution < 1.29 is 0 Å². The quantitative estimate of drug-likeness (QED) is 0.452. The summed E-state index contributed by atoms with van der Waals surface area (Å²) in [7, 11) is 0. The highest BCUT2D eigenvalue weighted by molar-refractivity contribution is 5.84. The molecule has 0 bridgehead atoms. The minimum absolute atomic E-state index is 1.05. The van der Waals surface area contributed by atoms with Crippen LogP contribution < -0.4 is 0 Å². The molecule has 0 atom stereocenters. The third-order valence-electron chi connectivity index (χ3n) is 4.50. The Bertz CT molecular complexity index is 812. The Kier molecular flexibility index (Phi) is 2.89. The van der Waals surface area contributed by atoms with Gasteiger partial charge in [0.1, 0.15) is 0 Å². The van der Waals surface area contributed by atoms with Crippen molar-refractivity contribution in [2.24, 2.45) is 0 Å². The molecule has 0 unspecified atom stereocenters. The van der Waals surface area contributed by atoms with E-state index in [2.05, 4.69) is 73.7 Å². The van der Waals surface area contributed by atoms with E-state index in [1.807, 2.05) is 0 Å². The highest BCUT2D eigenvalue weighted by atomic mass is 14.2. The molecule has 102 valence electrons. The fourth-order valence-corrected chi connectivity index (χ4v) is 3.39. The summed E-state index contributed by atoms with van der Waals surface area (Å²) < 4.78 is 0. The highest BCUT2D eigenvalue weighted by Gasteiger charge is 2.20. The first-order valence-corrected chi connectivity index (χ1v) is 7.66. The second kappa shape index (κ2) is 4.89. The van der Waals surface area contributed by atoms with Crippen LogP contribution in [0.2, 0.25) is 0 Å². The molecule has 0 heteroatoms. The van der Waals surface area contributed by atoms with E-state index >= 15 is 0 Å². The molecule has 0 amide bonds. The zero-order valence-electron chi connectivity index (χ0n) is 12.3. The first-order valence-electron chi connectivity index (χ1n) is 7.66. The molecule has 0 spiro atoms. The maximum Gasteiger partial charge on any atom is -0.000729 e. The molecule has 0 nitrogen and oxygen atoms in total. The molecule has 1 aliphatic carbocycles. The molecular weight excluding hydrogens is 252 g/mol. The molecule has 0 fully saturated rings. The van der Waals surface area contributed by atoms with Crippen LogP contribution in [0.15, 0.2) is 66.7 Å². The summed E-state index contributed by atoms with van der Waals surface area (Å²) in [4.78, 5) is 0. The van der Waals surface area contributed by atoms with Gasteiger partial charge in [-0.25, -0.2) is 0 Å². The zero-order chi connectivity index (χ0) is 14.2. The second-order valence-electron chi connectivity index (χ2n) is 5.72. The van der Waals surface area contributed by atoms with Crippen LogP contribution in [0.25, 0.3) is 22.3 Å². The number of aryl methyl sites for hydroxylation is 1. The van der Waals surface area contributed by atoms with Gasteiger partial charge in [-0.1, -0.05) is 73.7 Å². The van der Waals surface area contributed by atoms with Gasteiger partial charge in [0.2, 0.25) is 0 Å². The van der Waals surface area contributed by atoms with Crippen LogP contribution in [-0.2, 0) is 12.8 Å². The Hall–Kier alpha value is -2.34. The summed E-state index contributed by atoms with van der Waals surface area (Å²) in [6.45, 7) is 2.21. The van der Waals surface area contributed by atoms with Crippen LogP contribution in [0, 0.1) is 0 Å². The Labute approximate surface area is 126 Å². The molecule has 0 heterocycles. The average Bonchev–Trinajstić information content (AvgIpc) is 2.93. The van der Waals surface area contributed by atoms with Crippen LogP contribution in [0.4, 0.5) is 0 Å². The van der Waals surface area contributed by atoms with Gasteiger partial charge in [0.15, 0.2) is 0 Å². The lowest BCUT2D eigenvalue weighted by Crippen LogP contribution is -1.89.